The second-order valence-corrected chi connectivity index (χ2v) is 3.79. The molecule has 2 heterocycles. The van der Waals surface area contributed by atoms with Gasteiger partial charge in [0, 0.05) is 12.1 Å². The maximum atomic E-state index is 12.5. The topological polar surface area (TPSA) is 89.9 Å². The van der Waals surface area contributed by atoms with E-state index >= 15 is 0 Å². The van der Waals surface area contributed by atoms with Crippen LogP contribution in [0.2, 0.25) is 0 Å². The van der Waals surface area contributed by atoms with Gasteiger partial charge in [0.2, 0.25) is 5.82 Å². The van der Waals surface area contributed by atoms with Crippen LogP contribution in [-0.2, 0) is 12.7 Å². The highest BCUT2D eigenvalue weighted by atomic mass is 19.4. The minimum atomic E-state index is -4.64. The third-order valence-corrected chi connectivity index (χ3v) is 2.12. The van der Waals surface area contributed by atoms with Gasteiger partial charge in [0.05, 0.1) is 12.2 Å². The molecule has 0 saturated carbocycles. The van der Waals surface area contributed by atoms with Crippen molar-refractivity contribution in [2.24, 2.45) is 0 Å². The number of nitrogens with two attached hydrogens (primary N) is 1. The van der Waals surface area contributed by atoms with E-state index in [9.17, 15) is 13.2 Å². The van der Waals surface area contributed by atoms with Gasteiger partial charge in [-0.2, -0.15) is 13.2 Å². The molecule has 0 radical (unpaired) electrons. The summed E-state index contributed by atoms with van der Waals surface area (Å²) in [5.41, 5.74) is 5.98. The van der Waals surface area contributed by atoms with E-state index in [1.165, 1.54) is 6.07 Å². The number of anilines is 2. The van der Waals surface area contributed by atoms with Gasteiger partial charge in [0.25, 0.3) is 0 Å². The van der Waals surface area contributed by atoms with Crippen molar-refractivity contribution in [3.05, 3.63) is 29.4 Å². The molecule has 0 bridgehead atoms. The van der Waals surface area contributed by atoms with Crippen molar-refractivity contribution in [2.45, 2.75) is 19.6 Å². The molecule has 0 amide bonds. The summed E-state index contributed by atoms with van der Waals surface area (Å²) in [5.74, 6) is -1.11. The summed E-state index contributed by atoms with van der Waals surface area (Å²) >= 11 is 0. The lowest BCUT2D eigenvalue weighted by Gasteiger charge is -2.09. The molecule has 0 aliphatic carbocycles. The van der Waals surface area contributed by atoms with Gasteiger partial charge < -0.3 is 15.6 Å². The molecule has 6 nitrogen and oxygen atoms in total. The van der Waals surface area contributed by atoms with E-state index in [0.717, 1.165) is 0 Å². The summed E-state index contributed by atoms with van der Waals surface area (Å²) < 4.78 is 42.3. The Morgan fingerprint density at radius 1 is 1.32 bits per heavy atom. The molecular weight excluding hydrogens is 263 g/mol. The summed E-state index contributed by atoms with van der Waals surface area (Å²) in [6.45, 7) is 1.88. The van der Waals surface area contributed by atoms with Gasteiger partial charge >= 0.3 is 6.18 Å². The number of aromatic nitrogens is 3. The first-order valence-corrected chi connectivity index (χ1v) is 5.22. The summed E-state index contributed by atoms with van der Waals surface area (Å²) in [6.07, 6.45) is -4.64. The SMILES string of the molecule is Cc1cc(CNc2cc(N)nc(C(F)(F)F)n2)on1. The van der Waals surface area contributed by atoms with E-state index < -0.39 is 12.0 Å². The molecule has 0 unspecified atom stereocenters. The van der Waals surface area contributed by atoms with E-state index in [1.807, 2.05) is 0 Å². The van der Waals surface area contributed by atoms with E-state index in [0.29, 0.717) is 11.5 Å². The van der Waals surface area contributed by atoms with E-state index in [1.54, 1.807) is 13.0 Å². The van der Waals surface area contributed by atoms with Crippen LogP contribution in [0.4, 0.5) is 24.8 Å². The number of nitrogens with one attached hydrogen (secondary N) is 1. The molecule has 2 aromatic heterocycles. The molecule has 2 rings (SSSR count). The van der Waals surface area contributed by atoms with E-state index in [2.05, 4.69) is 20.4 Å². The smallest absolute Gasteiger partial charge is 0.384 e. The van der Waals surface area contributed by atoms with Crippen LogP contribution in [0.1, 0.15) is 17.3 Å². The summed E-state index contributed by atoms with van der Waals surface area (Å²) in [5, 5.41) is 6.31. The van der Waals surface area contributed by atoms with Gasteiger partial charge in [-0.25, -0.2) is 9.97 Å². The van der Waals surface area contributed by atoms with Crippen LogP contribution < -0.4 is 11.1 Å². The lowest BCUT2D eigenvalue weighted by Crippen LogP contribution is -2.14. The normalized spacial score (nSPS) is 11.6. The van der Waals surface area contributed by atoms with Crippen molar-refractivity contribution in [2.75, 3.05) is 11.1 Å². The van der Waals surface area contributed by atoms with Crippen LogP contribution in [0.25, 0.3) is 0 Å². The average molecular weight is 273 g/mol. The highest BCUT2D eigenvalue weighted by molar-refractivity contribution is 5.45. The number of rotatable bonds is 3. The Morgan fingerprint density at radius 2 is 2.05 bits per heavy atom. The van der Waals surface area contributed by atoms with Crippen LogP contribution in [0, 0.1) is 6.92 Å². The fourth-order valence-corrected chi connectivity index (χ4v) is 1.36. The molecule has 9 heteroatoms. The summed E-state index contributed by atoms with van der Waals surface area (Å²) in [4.78, 5) is 6.47. The Morgan fingerprint density at radius 3 is 2.63 bits per heavy atom. The van der Waals surface area contributed by atoms with Crippen LogP contribution in [0.3, 0.4) is 0 Å². The maximum absolute atomic E-state index is 12.5. The molecule has 2 aromatic rings. The van der Waals surface area contributed by atoms with Crippen molar-refractivity contribution in [3.63, 3.8) is 0 Å². The monoisotopic (exact) mass is 273 g/mol. The summed E-state index contributed by atoms with van der Waals surface area (Å²) in [6, 6.07) is 2.86. The molecular formula is C10H10F3N5O. The van der Waals surface area contributed by atoms with Gasteiger partial charge in [-0.05, 0) is 6.92 Å². The first-order valence-electron chi connectivity index (χ1n) is 5.22. The second kappa shape index (κ2) is 4.75. The zero-order valence-electron chi connectivity index (χ0n) is 9.82. The van der Waals surface area contributed by atoms with Crippen molar-refractivity contribution in [1.29, 1.82) is 0 Å². The predicted molar refractivity (Wildman–Crippen MR) is 60.0 cm³/mol. The molecule has 0 atom stereocenters. The predicted octanol–water partition coefficient (Wildman–Crippen LogP) is 1.99. The van der Waals surface area contributed by atoms with Gasteiger partial charge in [0.15, 0.2) is 5.76 Å². The second-order valence-electron chi connectivity index (χ2n) is 3.79. The first kappa shape index (κ1) is 13.1. The van der Waals surface area contributed by atoms with Crippen LogP contribution in [0.15, 0.2) is 16.7 Å². The third kappa shape index (κ3) is 3.33. The van der Waals surface area contributed by atoms with Gasteiger partial charge in [0.1, 0.15) is 11.6 Å². The minimum Gasteiger partial charge on any atom is -0.384 e. The lowest BCUT2D eigenvalue weighted by atomic mass is 10.4. The van der Waals surface area contributed by atoms with Crippen molar-refractivity contribution >= 4 is 11.6 Å². The van der Waals surface area contributed by atoms with Crippen molar-refractivity contribution in [3.8, 4) is 0 Å². The Labute approximate surface area is 105 Å². The Hall–Kier alpha value is -2.32. The third-order valence-electron chi connectivity index (χ3n) is 2.12. The van der Waals surface area contributed by atoms with Crippen molar-refractivity contribution < 1.29 is 17.7 Å². The van der Waals surface area contributed by atoms with Gasteiger partial charge in [-0.1, -0.05) is 5.16 Å². The number of alkyl halides is 3. The highest BCUT2D eigenvalue weighted by Crippen LogP contribution is 2.27. The van der Waals surface area contributed by atoms with Crippen LogP contribution in [-0.4, -0.2) is 15.1 Å². The number of hydrogen-bond donors (Lipinski definition) is 2. The zero-order chi connectivity index (χ0) is 14.0. The molecule has 0 saturated heterocycles. The molecule has 0 aliphatic heterocycles. The van der Waals surface area contributed by atoms with E-state index in [4.69, 9.17) is 10.3 Å². The fraction of sp³-hybridized carbons (Fsp3) is 0.300. The molecule has 0 fully saturated rings. The summed E-state index contributed by atoms with van der Waals surface area (Å²) in [7, 11) is 0. The number of nitrogen functional groups attached to an aromatic ring is 1. The number of nitrogens with zero attached hydrogens (tertiary/aromatic N) is 3. The number of hydrogen-bond acceptors (Lipinski definition) is 6. The Bertz CT molecular complexity index is 581. The lowest BCUT2D eigenvalue weighted by molar-refractivity contribution is -0.144. The highest BCUT2D eigenvalue weighted by Gasteiger charge is 2.35. The molecule has 0 aliphatic rings. The largest absolute Gasteiger partial charge is 0.451 e. The molecule has 102 valence electrons. The van der Waals surface area contributed by atoms with Crippen LogP contribution in [0.5, 0.6) is 0 Å². The van der Waals surface area contributed by atoms with Crippen LogP contribution >= 0.6 is 0 Å². The standard InChI is InChI=1S/C10H10F3N5O/c1-5-2-6(19-18-5)4-15-8-3-7(14)16-9(17-8)10(11,12)13/h2-3H,4H2,1H3,(H3,14,15,16,17). The van der Waals surface area contributed by atoms with Crippen molar-refractivity contribution in [1.82, 2.24) is 15.1 Å². The zero-order valence-corrected chi connectivity index (χ0v) is 9.82. The molecule has 0 spiro atoms. The molecule has 19 heavy (non-hydrogen) atoms. The minimum absolute atomic E-state index is 0.0334. The number of aryl methyl sites for hydroxylation is 1. The average Bonchev–Trinajstić information content (AvgIpc) is 2.71. The molecule has 0 aromatic carbocycles. The number of halogens is 3. The Balaban J connectivity index is 2.14. The fourth-order valence-electron chi connectivity index (χ4n) is 1.36. The van der Waals surface area contributed by atoms with Gasteiger partial charge in [-0.15, -0.1) is 0 Å². The van der Waals surface area contributed by atoms with Gasteiger partial charge in [-0.3, -0.25) is 0 Å². The van der Waals surface area contributed by atoms with E-state index in [-0.39, 0.29) is 18.2 Å². The molecule has 3 N–H and O–H groups in total. The maximum Gasteiger partial charge on any atom is 0.451 e. The Kier molecular flexibility index (Phi) is 3.28. The quantitative estimate of drug-likeness (QED) is 0.888. The first-order chi connectivity index (χ1) is 8.84.